The Morgan fingerprint density at radius 1 is 1.36 bits per heavy atom. The van der Waals surface area contributed by atoms with Crippen LogP contribution in [0.3, 0.4) is 0 Å². The Kier molecular flexibility index (Phi) is 5.13. The monoisotopic (exact) mass is 305 g/mol. The lowest BCUT2D eigenvalue weighted by Crippen LogP contribution is -2.43. The molecule has 0 saturated carbocycles. The lowest BCUT2D eigenvalue weighted by Gasteiger charge is -2.37. The molecule has 1 aromatic rings. The quantitative estimate of drug-likeness (QED) is 0.667. The summed E-state index contributed by atoms with van der Waals surface area (Å²) in [5.41, 5.74) is 0.576. The number of piperidine rings is 1. The Balaban J connectivity index is 1.90. The number of amides is 1. The minimum absolute atomic E-state index is 0.00292. The van der Waals surface area contributed by atoms with E-state index in [-0.39, 0.29) is 23.4 Å². The van der Waals surface area contributed by atoms with Crippen LogP contribution in [-0.2, 0) is 11.2 Å². The minimum atomic E-state index is -0.444. The molecule has 0 unspecified atom stereocenters. The first kappa shape index (κ1) is 16.4. The van der Waals surface area contributed by atoms with Gasteiger partial charge in [0.05, 0.1) is 11.3 Å². The first-order chi connectivity index (χ1) is 10.4. The number of rotatable bonds is 5. The fourth-order valence-electron chi connectivity index (χ4n) is 2.72. The van der Waals surface area contributed by atoms with Crippen molar-refractivity contribution < 1.29 is 9.72 Å². The summed E-state index contributed by atoms with van der Waals surface area (Å²) in [6.45, 7) is 4.89. The second kappa shape index (κ2) is 6.87. The molecule has 0 spiro atoms. The van der Waals surface area contributed by atoms with Gasteiger partial charge in [0.15, 0.2) is 0 Å². The number of likely N-dealkylation sites (tertiary alicyclic amines) is 1. The zero-order chi connectivity index (χ0) is 16.2. The number of hydrogen-bond acceptors (Lipinski definition) is 4. The van der Waals surface area contributed by atoms with E-state index in [1.54, 1.807) is 18.2 Å². The van der Waals surface area contributed by atoms with Crippen LogP contribution >= 0.6 is 0 Å². The van der Waals surface area contributed by atoms with Crippen molar-refractivity contribution in [1.29, 1.82) is 0 Å². The molecule has 120 valence electrons. The van der Waals surface area contributed by atoms with Crippen molar-refractivity contribution in [3.05, 3.63) is 39.9 Å². The molecule has 0 atom stereocenters. The number of nitrogens with zero attached hydrogens (tertiary/aromatic N) is 2. The van der Waals surface area contributed by atoms with Gasteiger partial charge in [-0.1, -0.05) is 25.1 Å². The number of nitrogens with one attached hydrogen (secondary N) is 1. The Labute approximate surface area is 130 Å². The lowest BCUT2D eigenvalue weighted by atomic mass is 9.80. The summed E-state index contributed by atoms with van der Waals surface area (Å²) in [4.78, 5) is 24.9. The smallest absolute Gasteiger partial charge is 0.273 e. The fraction of sp³-hybridized carbons (Fsp3) is 0.562. The molecule has 1 aliphatic heterocycles. The van der Waals surface area contributed by atoms with Gasteiger partial charge in [0, 0.05) is 18.2 Å². The van der Waals surface area contributed by atoms with E-state index in [4.69, 9.17) is 0 Å². The van der Waals surface area contributed by atoms with Gasteiger partial charge in [0.1, 0.15) is 0 Å². The van der Waals surface area contributed by atoms with Crippen molar-refractivity contribution in [2.24, 2.45) is 5.41 Å². The zero-order valence-corrected chi connectivity index (χ0v) is 13.2. The molecule has 1 saturated heterocycles. The van der Waals surface area contributed by atoms with Crippen LogP contribution in [0.5, 0.6) is 0 Å². The van der Waals surface area contributed by atoms with Crippen LogP contribution < -0.4 is 5.32 Å². The van der Waals surface area contributed by atoms with Gasteiger partial charge in [0.2, 0.25) is 5.91 Å². The highest BCUT2D eigenvalue weighted by Crippen LogP contribution is 2.29. The molecular weight excluding hydrogens is 282 g/mol. The van der Waals surface area contributed by atoms with E-state index in [1.807, 2.05) is 0 Å². The van der Waals surface area contributed by atoms with E-state index < -0.39 is 4.92 Å². The van der Waals surface area contributed by atoms with Crippen LogP contribution in [0.4, 0.5) is 5.69 Å². The third kappa shape index (κ3) is 4.27. The third-order valence-electron chi connectivity index (χ3n) is 4.45. The summed E-state index contributed by atoms with van der Waals surface area (Å²) in [6, 6.07) is 6.39. The summed E-state index contributed by atoms with van der Waals surface area (Å²) in [5, 5.41) is 13.9. The van der Waals surface area contributed by atoms with E-state index in [1.165, 1.54) is 6.07 Å². The summed E-state index contributed by atoms with van der Waals surface area (Å²) < 4.78 is 0. The molecule has 2 rings (SSSR count). The second-order valence-electron chi connectivity index (χ2n) is 6.45. The predicted octanol–water partition coefficient (Wildman–Crippen LogP) is 1.99. The Hall–Kier alpha value is -1.95. The van der Waals surface area contributed by atoms with E-state index in [0.717, 1.165) is 25.9 Å². The van der Waals surface area contributed by atoms with Gasteiger partial charge in [-0.2, -0.15) is 0 Å². The topological polar surface area (TPSA) is 75.5 Å². The van der Waals surface area contributed by atoms with Crippen molar-refractivity contribution in [1.82, 2.24) is 10.2 Å². The van der Waals surface area contributed by atoms with E-state index in [2.05, 4.69) is 24.2 Å². The molecule has 6 nitrogen and oxygen atoms in total. The molecule has 1 aliphatic rings. The lowest BCUT2D eigenvalue weighted by molar-refractivity contribution is -0.385. The van der Waals surface area contributed by atoms with Crippen LogP contribution in [0.2, 0.25) is 0 Å². The summed E-state index contributed by atoms with van der Waals surface area (Å²) in [5.74, 6) is -0.158. The first-order valence-corrected chi connectivity index (χ1v) is 7.57. The molecule has 0 aromatic heterocycles. The number of benzene rings is 1. The number of hydrogen-bond donors (Lipinski definition) is 1. The maximum Gasteiger partial charge on any atom is 0.273 e. The van der Waals surface area contributed by atoms with Gasteiger partial charge < -0.3 is 10.2 Å². The van der Waals surface area contributed by atoms with Crippen LogP contribution in [0.1, 0.15) is 25.3 Å². The number of carbonyl (C=O) groups excluding carboxylic acids is 1. The Morgan fingerprint density at radius 2 is 2.00 bits per heavy atom. The second-order valence-corrected chi connectivity index (χ2v) is 6.45. The highest BCUT2D eigenvalue weighted by molar-refractivity contribution is 5.79. The van der Waals surface area contributed by atoms with Gasteiger partial charge in [-0.05, 0) is 38.4 Å². The Morgan fingerprint density at radius 3 is 2.64 bits per heavy atom. The van der Waals surface area contributed by atoms with Crippen molar-refractivity contribution in [2.75, 3.05) is 26.7 Å². The van der Waals surface area contributed by atoms with Gasteiger partial charge >= 0.3 is 0 Å². The summed E-state index contributed by atoms with van der Waals surface area (Å²) in [7, 11) is 2.10. The predicted molar refractivity (Wildman–Crippen MR) is 84.6 cm³/mol. The van der Waals surface area contributed by atoms with Gasteiger partial charge in [-0.25, -0.2) is 0 Å². The van der Waals surface area contributed by atoms with Crippen LogP contribution in [-0.4, -0.2) is 42.4 Å². The zero-order valence-electron chi connectivity index (χ0n) is 13.2. The molecule has 1 heterocycles. The van der Waals surface area contributed by atoms with Crippen LogP contribution in [0.25, 0.3) is 0 Å². The Bertz CT molecular complexity index is 551. The van der Waals surface area contributed by atoms with Gasteiger partial charge in [-0.15, -0.1) is 0 Å². The number of carbonyl (C=O) groups is 1. The largest absolute Gasteiger partial charge is 0.355 e. The maximum atomic E-state index is 12.1. The molecule has 0 aliphatic carbocycles. The maximum absolute atomic E-state index is 12.1. The van der Waals surface area contributed by atoms with E-state index in [9.17, 15) is 14.9 Å². The average Bonchev–Trinajstić information content (AvgIpc) is 2.49. The normalized spacial score (nSPS) is 17.9. The fourth-order valence-corrected chi connectivity index (χ4v) is 2.72. The summed E-state index contributed by atoms with van der Waals surface area (Å²) >= 11 is 0. The number of para-hydroxylation sites is 1. The molecular formula is C16H23N3O3. The van der Waals surface area contributed by atoms with E-state index in [0.29, 0.717) is 12.1 Å². The van der Waals surface area contributed by atoms with Crippen molar-refractivity contribution in [3.8, 4) is 0 Å². The molecule has 0 radical (unpaired) electrons. The first-order valence-electron chi connectivity index (χ1n) is 7.57. The number of nitro groups is 1. The average molecular weight is 305 g/mol. The number of nitro benzene ring substituents is 1. The van der Waals surface area contributed by atoms with Crippen molar-refractivity contribution in [3.63, 3.8) is 0 Å². The van der Waals surface area contributed by atoms with Crippen LogP contribution in [0.15, 0.2) is 24.3 Å². The molecule has 1 fully saturated rings. The standard InChI is InChI=1S/C16H23N3O3/c1-16(7-9-18(2)10-8-16)12-17-15(20)11-13-5-3-4-6-14(13)19(21)22/h3-6H,7-12H2,1-2H3,(H,17,20). The highest BCUT2D eigenvalue weighted by atomic mass is 16.6. The minimum Gasteiger partial charge on any atom is -0.355 e. The third-order valence-corrected chi connectivity index (χ3v) is 4.45. The highest BCUT2D eigenvalue weighted by Gasteiger charge is 2.29. The molecule has 1 N–H and O–H groups in total. The molecule has 1 amide bonds. The summed E-state index contributed by atoms with van der Waals surface area (Å²) in [6.07, 6.45) is 2.15. The SMILES string of the molecule is CN1CCC(C)(CNC(=O)Cc2ccccc2[N+](=O)[O-])CC1. The van der Waals surface area contributed by atoms with Gasteiger partial charge in [-0.3, -0.25) is 14.9 Å². The van der Waals surface area contributed by atoms with E-state index >= 15 is 0 Å². The molecule has 6 heteroatoms. The van der Waals surface area contributed by atoms with Gasteiger partial charge in [0.25, 0.3) is 5.69 Å². The molecule has 0 bridgehead atoms. The van der Waals surface area contributed by atoms with Crippen molar-refractivity contribution >= 4 is 11.6 Å². The van der Waals surface area contributed by atoms with Crippen LogP contribution in [0, 0.1) is 15.5 Å². The molecule has 1 aromatic carbocycles. The van der Waals surface area contributed by atoms with Crippen molar-refractivity contribution in [2.45, 2.75) is 26.2 Å². The molecule has 22 heavy (non-hydrogen) atoms.